The predicted octanol–water partition coefficient (Wildman–Crippen LogP) is 3.14. The zero-order valence-corrected chi connectivity index (χ0v) is 12.5. The van der Waals surface area contributed by atoms with Gasteiger partial charge in [0.2, 0.25) is 0 Å². The second kappa shape index (κ2) is 4.82. The van der Waals surface area contributed by atoms with Crippen LogP contribution in [0.3, 0.4) is 0 Å². The van der Waals surface area contributed by atoms with E-state index in [0.29, 0.717) is 6.04 Å². The molecule has 1 atom stereocenters. The average Bonchev–Trinajstić information content (AvgIpc) is 2.85. The van der Waals surface area contributed by atoms with Crippen LogP contribution in [0.5, 0.6) is 0 Å². The van der Waals surface area contributed by atoms with E-state index in [-0.39, 0.29) is 5.54 Å². The molecule has 2 heteroatoms. The number of hydrogen-bond donors (Lipinski definition) is 1. The molecule has 0 amide bonds. The number of piperazine rings is 1. The Morgan fingerprint density at radius 1 is 1.26 bits per heavy atom. The summed E-state index contributed by atoms with van der Waals surface area (Å²) in [5.41, 5.74) is 4.81. The number of nitrogens with one attached hydrogen (secondary N) is 1. The molecular weight excluding hydrogens is 232 g/mol. The molecule has 3 rings (SSSR count). The first-order valence-corrected chi connectivity index (χ1v) is 7.72. The van der Waals surface area contributed by atoms with Gasteiger partial charge in [-0.05, 0) is 62.8 Å². The number of fused-ring (bicyclic) bond motifs is 1. The van der Waals surface area contributed by atoms with E-state index in [4.69, 9.17) is 0 Å². The normalized spacial score (nSPS) is 25.4. The van der Waals surface area contributed by atoms with Crippen molar-refractivity contribution in [2.45, 2.75) is 58.0 Å². The molecule has 2 aliphatic rings. The molecule has 104 valence electrons. The zero-order valence-electron chi connectivity index (χ0n) is 12.5. The summed E-state index contributed by atoms with van der Waals surface area (Å²) in [5.74, 6) is 0. The highest BCUT2D eigenvalue weighted by Crippen LogP contribution is 2.30. The summed E-state index contributed by atoms with van der Waals surface area (Å²) in [7, 11) is 0. The van der Waals surface area contributed by atoms with Crippen LogP contribution in [0, 0.1) is 0 Å². The van der Waals surface area contributed by atoms with E-state index in [0.717, 1.165) is 13.1 Å². The van der Waals surface area contributed by atoms with E-state index in [1.165, 1.54) is 31.4 Å². The number of benzene rings is 1. The summed E-state index contributed by atoms with van der Waals surface area (Å²) in [4.78, 5) is 2.62. The first kappa shape index (κ1) is 13.0. The Kier molecular flexibility index (Phi) is 3.30. The second-order valence-electron chi connectivity index (χ2n) is 6.76. The third-order valence-corrected chi connectivity index (χ3v) is 4.71. The minimum atomic E-state index is 0.213. The van der Waals surface area contributed by atoms with Gasteiger partial charge in [0.05, 0.1) is 0 Å². The Labute approximate surface area is 117 Å². The van der Waals surface area contributed by atoms with Gasteiger partial charge in [-0.3, -0.25) is 0 Å². The highest BCUT2D eigenvalue weighted by molar-refractivity contribution is 5.54. The van der Waals surface area contributed by atoms with Gasteiger partial charge >= 0.3 is 0 Å². The van der Waals surface area contributed by atoms with Crippen LogP contribution in [0.4, 0.5) is 5.69 Å². The van der Waals surface area contributed by atoms with Crippen LogP contribution in [0.15, 0.2) is 18.2 Å². The van der Waals surface area contributed by atoms with Gasteiger partial charge in [-0.15, -0.1) is 0 Å². The minimum Gasteiger partial charge on any atom is -0.365 e. The third kappa shape index (κ3) is 2.51. The van der Waals surface area contributed by atoms with E-state index >= 15 is 0 Å². The highest BCUT2D eigenvalue weighted by atomic mass is 15.3. The molecule has 2 nitrogen and oxygen atoms in total. The van der Waals surface area contributed by atoms with E-state index in [9.17, 15) is 0 Å². The number of anilines is 1. The molecule has 1 heterocycles. The smallest absolute Gasteiger partial charge is 0.0412 e. The fourth-order valence-corrected chi connectivity index (χ4v) is 3.52. The Bertz CT molecular complexity index is 464. The van der Waals surface area contributed by atoms with Crippen molar-refractivity contribution in [1.82, 2.24) is 5.32 Å². The second-order valence-corrected chi connectivity index (χ2v) is 6.76. The topological polar surface area (TPSA) is 15.3 Å². The van der Waals surface area contributed by atoms with Gasteiger partial charge in [0.15, 0.2) is 0 Å². The maximum absolute atomic E-state index is 3.67. The molecule has 1 saturated heterocycles. The van der Waals surface area contributed by atoms with Crippen LogP contribution in [-0.4, -0.2) is 24.7 Å². The summed E-state index contributed by atoms with van der Waals surface area (Å²) in [6.07, 6.45) is 5.10. The van der Waals surface area contributed by atoms with Gasteiger partial charge in [-0.1, -0.05) is 13.0 Å². The molecule has 1 aliphatic heterocycles. The Morgan fingerprint density at radius 3 is 2.84 bits per heavy atom. The molecule has 0 bridgehead atoms. The lowest BCUT2D eigenvalue weighted by Gasteiger charge is -2.46. The van der Waals surface area contributed by atoms with E-state index in [1.54, 1.807) is 11.1 Å². The lowest BCUT2D eigenvalue weighted by atomic mass is 9.96. The van der Waals surface area contributed by atoms with Crippen molar-refractivity contribution in [3.05, 3.63) is 29.3 Å². The highest BCUT2D eigenvalue weighted by Gasteiger charge is 2.32. The molecular formula is C17H26N2. The maximum Gasteiger partial charge on any atom is 0.0412 e. The van der Waals surface area contributed by atoms with Crippen LogP contribution < -0.4 is 10.2 Å². The van der Waals surface area contributed by atoms with Crippen molar-refractivity contribution in [3.63, 3.8) is 0 Å². The lowest BCUT2D eigenvalue weighted by Crippen LogP contribution is -2.61. The van der Waals surface area contributed by atoms with Crippen LogP contribution >= 0.6 is 0 Å². The summed E-state index contributed by atoms with van der Waals surface area (Å²) in [6, 6.07) is 7.78. The van der Waals surface area contributed by atoms with Gasteiger partial charge in [-0.2, -0.15) is 0 Å². The van der Waals surface area contributed by atoms with Crippen molar-refractivity contribution in [3.8, 4) is 0 Å². The number of rotatable bonds is 2. The van der Waals surface area contributed by atoms with Gasteiger partial charge < -0.3 is 10.2 Å². The first-order valence-electron chi connectivity index (χ1n) is 7.72. The summed E-state index contributed by atoms with van der Waals surface area (Å²) >= 11 is 0. The lowest BCUT2D eigenvalue weighted by molar-refractivity contribution is 0.306. The molecule has 1 aromatic rings. The van der Waals surface area contributed by atoms with E-state index in [2.05, 4.69) is 49.2 Å². The third-order valence-electron chi connectivity index (χ3n) is 4.71. The average molecular weight is 258 g/mol. The van der Waals surface area contributed by atoms with E-state index < -0.39 is 0 Å². The van der Waals surface area contributed by atoms with Crippen molar-refractivity contribution in [2.24, 2.45) is 0 Å². The minimum absolute atomic E-state index is 0.213. The Hall–Kier alpha value is -1.02. The molecule has 0 aromatic heterocycles. The maximum atomic E-state index is 3.67. The number of aryl methyl sites for hydroxylation is 2. The molecule has 1 fully saturated rings. The number of hydrogen-bond acceptors (Lipinski definition) is 2. The zero-order chi connectivity index (χ0) is 13.5. The molecule has 1 aromatic carbocycles. The monoisotopic (exact) mass is 258 g/mol. The molecule has 1 unspecified atom stereocenters. The predicted molar refractivity (Wildman–Crippen MR) is 82.0 cm³/mol. The molecule has 1 N–H and O–H groups in total. The van der Waals surface area contributed by atoms with Crippen LogP contribution in [-0.2, 0) is 12.8 Å². The quantitative estimate of drug-likeness (QED) is 0.876. The Morgan fingerprint density at radius 2 is 2.05 bits per heavy atom. The van der Waals surface area contributed by atoms with Crippen molar-refractivity contribution >= 4 is 5.69 Å². The fraction of sp³-hybridized carbons (Fsp3) is 0.647. The van der Waals surface area contributed by atoms with Crippen LogP contribution in [0.25, 0.3) is 0 Å². The van der Waals surface area contributed by atoms with Crippen LogP contribution in [0.2, 0.25) is 0 Å². The molecule has 1 aliphatic carbocycles. The summed E-state index contributed by atoms with van der Waals surface area (Å²) in [6.45, 7) is 9.11. The van der Waals surface area contributed by atoms with Gasteiger partial charge in [0, 0.05) is 30.4 Å². The molecule has 0 spiro atoms. The fourth-order valence-electron chi connectivity index (χ4n) is 3.52. The van der Waals surface area contributed by atoms with Crippen molar-refractivity contribution in [1.29, 1.82) is 0 Å². The van der Waals surface area contributed by atoms with Gasteiger partial charge in [0.25, 0.3) is 0 Å². The summed E-state index contributed by atoms with van der Waals surface area (Å²) < 4.78 is 0. The molecule has 19 heavy (non-hydrogen) atoms. The molecule has 0 saturated carbocycles. The SMILES string of the molecule is CCC1CNC(C)(C)CN1c1ccc2c(c1)CCC2. The Balaban J connectivity index is 1.89. The first-order chi connectivity index (χ1) is 9.09. The summed E-state index contributed by atoms with van der Waals surface area (Å²) in [5, 5.41) is 3.67. The number of nitrogens with zero attached hydrogens (tertiary/aromatic N) is 1. The van der Waals surface area contributed by atoms with Crippen LogP contribution in [0.1, 0.15) is 44.7 Å². The van der Waals surface area contributed by atoms with Crippen molar-refractivity contribution in [2.75, 3.05) is 18.0 Å². The molecule has 0 radical (unpaired) electrons. The van der Waals surface area contributed by atoms with Gasteiger partial charge in [-0.25, -0.2) is 0 Å². The van der Waals surface area contributed by atoms with Crippen molar-refractivity contribution < 1.29 is 0 Å². The van der Waals surface area contributed by atoms with Gasteiger partial charge in [0.1, 0.15) is 0 Å². The largest absolute Gasteiger partial charge is 0.365 e. The standard InChI is InChI=1S/C17H26N2/c1-4-15-11-18-17(2,3)12-19(15)16-9-8-13-6-5-7-14(13)10-16/h8-10,15,18H,4-7,11-12H2,1-3H3. The van der Waals surface area contributed by atoms with E-state index in [1.807, 2.05) is 0 Å².